The summed E-state index contributed by atoms with van der Waals surface area (Å²) >= 11 is 2.99. The average molecular weight is 334 g/mol. The van der Waals surface area contributed by atoms with Crippen molar-refractivity contribution in [3.05, 3.63) is 40.6 Å². The van der Waals surface area contributed by atoms with Gasteiger partial charge in [0.25, 0.3) is 0 Å². The summed E-state index contributed by atoms with van der Waals surface area (Å²) in [4.78, 5) is 7.49. The number of hydrogen-bond donors (Lipinski definition) is 2. The van der Waals surface area contributed by atoms with Crippen molar-refractivity contribution in [1.29, 1.82) is 0 Å². The first-order chi connectivity index (χ1) is 8.88. The molecule has 0 saturated carbocycles. The van der Waals surface area contributed by atoms with Gasteiger partial charge in [0.05, 0.1) is 10.0 Å². The van der Waals surface area contributed by atoms with Crippen LogP contribution in [0, 0.1) is 0 Å². The molecule has 0 saturated heterocycles. The third-order valence-corrected chi connectivity index (χ3v) is 2.80. The molecule has 2 N–H and O–H groups in total. The number of alkyl halides is 3. The van der Waals surface area contributed by atoms with E-state index in [1.165, 1.54) is 18.3 Å². The highest BCUT2D eigenvalue weighted by Crippen LogP contribution is 2.34. The topological polar surface area (TPSA) is 58.0 Å². The molecule has 2 aromatic rings. The van der Waals surface area contributed by atoms with Crippen molar-refractivity contribution in [1.82, 2.24) is 9.97 Å². The van der Waals surface area contributed by atoms with E-state index in [0.717, 1.165) is 6.07 Å². The third-order valence-electron chi connectivity index (χ3n) is 2.19. The molecule has 0 bridgehead atoms. The van der Waals surface area contributed by atoms with Gasteiger partial charge in [-0.3, -0.25) is 0 Å². The van der Waals surface area contributed by atoms with Crippen LogP contribution >= 0.6 is 15.9 Å². The summed E-state index contributed by atoms with van der Waals surface area (Å²) in [5, 5.41) is 12.1. The van der Waals surface area contributed by atoms with Crippen LogP contribution in [0.5, 0.6) is 5.75 Å². The van der Waals surface area contributed by atoms with E-state index in [-0.39, 0.29) is 21.9 Å². The second-order valence-electron chi connectivity index (χ2n) is 3.55. The Balaban J connectivity index is 2.30. The minimum Gasteiger partial charge on any atom is -0.504 e. The maximum absolute atomic E-state index is 12.5. The number of aromatic hydroxyl groups is 1. The molecular weight excluding hydrogens is 327 g/mol. The maximum Gasteiger partial charge on any atom is 0.417 e. The molecule has 0 aliphatic heterocycles. The molecule has 0 spiro atoms. The fourth-order valence-corrected chi connectivity index (χ4v) is 1.74. The molecule has 0 radical (unpaired) electrons. The van der Waals surface area contributed by atoms with Crippen molar-refractivity contribution in [3.63, 3.8) is 0 Å². The molecular formula is C11H7BrF3N3O. The van der Waals surface area contributed by atoms with Gasteiger partial charge in [0.1, 0.15) is 5.82 Å². The molecule has 100 valence electrons. The number of nitrogens with one attached hydrogen (secondary N) is 1. The van der Waals surface area contributed by atoms with Gasteiger partial charge in [0.2, 0.25) is 0 Å². The van der Waals surface area contributed by atoms with Gasteiger partial charge in [-0.2, -0.15) is 13.2 Å². The van der Waals surface area contributed by atoms with E-state index in [1.54, 1.807) is 0 Å². The largest absolute Gasteiger partial charge is 0.504 e. The van der Waals surface area contributed by atoms with Gasteiger partial charge in [-0.25, -0.2) is 9.97 Å². The van der Waals surface area contributed by atoms with Crippen LogP contribution < -0.4 is 5.32 Å². The van der Waals surface area contributed by atoms with Crippen molar-refractivity contribution in [2.24, 2.45) is 0 Å². The smallest absolute Gasteiger partial charge is 0.417 e. The summed E-state index contributed by atoms with van der Waals surface area (Å²) in [5.41, 5.74) is -0.866. The summed E-state index contributed by atoms with van der Waals surface area (Å²) in [6.07, 6.45) is -2.33. The summed E-state index contributed by atoms with van der Waals surface area (Å²) in [6, 6.07) is 3.82. The first-order valence-corrected chi connectivity index (χ1v) is 5.81. The first kappa shape index (κ1) is 13.6. The number of halogens is 4. The minimum atomic E-state index is -4.46. The molecule has 2 aromatic heterocycles. The Morgan fingerprint density at radius 1 is 1.21 bits per heavy atom. The van der Waals surface area contributed by atoms with Crippen LogP contribution in [0.15, 0.2) is 35.1 Å². The molecule has 0 unspecified atom stereocenters. The molecule has 2 rings (SSSR count). The lowest BCUT2D eigenvalue weighted by Gasteiger charge is -2.11. The number of hydrogen-bond acceptors (Lipinski definition) is 4. The number of pyridine rings is 2. The van der Waals surface area contributed by atoms with Crippen molar-refractivity contribution in [3.8, 4) is 5.75 Å². The van der Waals surface area contributed by atoms with Crippen LogP contribution in [-0.4, -0.2) is 15.1 Å². The highest BCUT2D eigenvalue weighted by atomic mass is 79.9. The quantitative estimate of drug-likeness (QED) is 0.879. The van der Waals surface area contributed by atoms with E-state index in [9.17, 15) is 18.3 Å². The van der Waals surface area contributed by atoms with Crippen molar-refractivity contribution < 1.29 is 18.3 Å². The predicted molar refractivity (Wildman–Crippen MR) is 66.1 cm³/mol. The van der Waals surface area contributed by atoms with E-state index < -0.39 is 11.7 Å². The first-order valence-electron chi connectivity index (χ1n) is 5.01. The Labute approximate surface area is 114 Å². The zero-order valence-corrected chi connectivity index (χ0v) is 10.8. The minimum absolute atomic E-state index is 0.107. The van der Waals surface area contributed by atoms with E-state index >= 15 is 0 Å². The van der Waals surface area contributed by atoms with Crippen LogP contribution in [0.1, 0.15) is 5.56 Å². The lowest BCUT2D eigenvalue weighted by atomic mass is 10.3. The van der Waals surface area contributed by atoms with Crippen LogP contribution in [0.25, 0.3) is 0 Å². The van der Waals surface area contributed by atoms with Gasteiger partial charge >= 0.3 is 6.18 Å². The van der Waals surface area contributed by atoms with Crippen LogP contribution in [0.2, 0.25) is 0 Å². The van der Waals surface area contributed by atoms with Crippen LogP contribution in [0.4, 0.5) is 24.8 Å². The fraction of sp³-hybridized carbons (Fsp3) is 0.0909. The molecule has 0 aromatic carbocycles. The summed E-state index contributed by atoms with van der Waals surface area (Å²) in [5.74, 6) is 0.105. The molecule has 0 aliphatic rings. The highest BCUT2D eigenvalue weighted by molar-refractivity contribution is 9.10. The van der Waals surface area contributed by atoms with Crippen LogP contribution in [0.3, 0.4) is 0 Å². The fourth-order valence-electron chi connectivity index (χ4n) is 1.29. The SMILES string of the molecule is Oc1cccnc1Nc1ncc(C(F)(F)F)cc1Br. The normalized spacial score (nSPS) is 11.4. The number of anilines is 2. The van der Waals surface area contributed by atoms with E-state index in [2.05, 4.69) is 31.2 Å². The Hall–Kier alpha value is -1.83. The van der Waals surface area contributed by atoms with Crippen molar-refractivity contribution in [2.45, 2.75) is 6.18 Å². The van der Waals surface area contributed by atoms with E-state index in [4.69, 9.17) is 0 Å². The van der Waals surface area contributed by atoms with Crippen molar-refractivity contribution in [2.75, 3.05) is 5.32 Å². The molecule has 0 amide bonds. The second-order valence-corrected chi connectivity index (χ2v) is 4.40. The average Bonchev–Trinajstić information content (AvgIpc) is 2.33. The monoisotopic (exact) mass is 333 g/mol. The van der Waals surface area contributed by atoms with Gasteiger partial charge in [-0.1, -0.05) is 0 Å². The summed E-state index contributed by atoms with van der Waals surface area (Å²) in [6.45, 7) is 0. The molecule has 0 fully saturated rings. The van der Waals surface area contributed by atoms with Gasteiger partial charge < -0.3 is 10.4 Å². The zero-order chi connectivity index (χ0) is 14.0. The second kappa shape index (κ2) is 5.04. The lowest BCUT2D eigenvalue weighted by molar-refractivity contribution is -0.137. The standard InChI is InChI=1S/C11H7BrF3N3O/c12-7-4-6(11(13,14)15)5-17-9(7)18-10-8(19)2-1-3-16-10/h1-5,19H,(H,16,17,18). The number of aromatic nitrogens is 2. The Bertz CT molecular complexity index is 604. The number of nitrogens with zero attached hydrogens (tertiary/aromatic N) is 2. The van der Waals surface area contributed by atoms with Gasteiger partial charge in [0.15, 0.2) is 11.6 Å². The molecule has 19 heavy (non-hydrogen) atoms. The van der Waals surface area contributed by atoms with Gasteiger partial charge in [0, 0.05) is 12.4 Å². The molecule has 0 aliphatic carbocycles. The zero-order valence-electron chi connectivity index (χ0n) is 9.24. The third kappa shape index (κ3) is 3.14. The summed E-state index contributed by atoms with van der Waals surface area (Å²) < 4.78 is 37.5. The maximum atomic E-state index is 12.5. The van der Waals surface area contributed by atoms with E-state index in [1.807, 2.05) is 0 Å². The molecule has 4 nitrogen and oxygen atoms in total. The Kier molecular flexibility index (Phi) is 3.61. The number of rotatable bonds is 2. The van der Waals surface area contributed by atoms with Crippen LogP contribution in [-0.2, 0) is 6.18 Å². The Morgan fingerprint density at radius 2 is 1.95 bits per heavy atom. The van der Waals surface area contributed by atoms with Gasteiger partial charge in [-0.15, -0.1) is 0 Å². The van der Waals surface area contributed by atoms with E-state index in [0.29, 0.717) is 6.20 Å². The highest BCUT2D eigenvalue weighted by Gasteiger charge is 2.31. The van der Waals surface area contributed by atoms with Crippen molar-refractivity contribution >= 4 is 27.6 Å². The van der Waals surface area contributed by atoms with Gasteiger partial charge in [-0.05, 0) is 34.1 Å². The lowest BCUT2D eigenvalue weighted by Crippen LogP contribution is -2.07. The molecule has 0 atom stereocenters. The predicted octanol–water partition coefficient (Wildman–Crippen LogP) is 3.71. The molecule has 2 heterocycles. The Morgan fingerprint density at radius 3 is 2.53 bits per heavy atom. The summed E-state index contributed by atoms with van der Waals surface area (Å²) in [7, 11) is 0. The molecule has 8 heteroatoms.